The Balaban J connectivity index is 1.60. The second-order valence-electron chi connectivity index (χ2n) is 9.99. The number of ether oxygens (including phenoxy) is 2. The Morgan fingerprint density at radius 2 is 1.89 bits per heavy atom. The number of nitrogens with one attached hydrogen (secondary N) is 1. The minimum atomic E-state index is -2.02. The van der Waals surface area contributed by atoms with Crippen LogP contribution in [0.15, 0.2) is 59.0 Å². The van der Waals surface area contributed by atoms with E-state index in [0.717, 1.165) is 30.4 Å². The minimum absolute atomic E-state index is 0.0578. The van der Waals surface area contributed by atoms with Gasteiger partial charge in [0.2, 0.25) is 5.78 Å². The molecule has 8 heteroatoms. The molecule has 2 aliphatic heterocycles. The van der Waals surface area contributed by atoms with Crippen molar-refractivity contribution in [1.29, 1.82) is 0 Å². The number of aliphatic hydroxyl groups is 1. The molecule has 3 aliphatic rings. The number of ketones is 2. The molecule has 37 heavy (non-hydrogen) atoms. The Labute approximate surface area is 217 Å². The Bertz CT molecular complexity index is 1180. The molecule has 1 aromatic rings. The van der Waals surface area contributed by atoms with Crippen LogP contribution < -0.4 is 11.1 Å². The van der Waals surface area contributed by atoms with Gasteiger partial charge in [0.25, 0.3) is 5.60 Å². The van der Waals surface area contributed by atoms with Crippen LogP contribution in [0.1, 0.15) is 79.5 Å². The van der Waals surface area contributed by atoms with E-state index in [1.807, 2.05) is 19.1 Å². The van der Waals surface area contributed by atoms with Crippen LogP contribution in [-0.4, -0.2) is 53.6 Å². The van der Waals surface area contributed by atoms with E-state index in [1.54, 1.807) is 18.2 Å². The number of carbonyl (C=O) groups is 3. The van der Waals surface area contributed by atoms with E-state index in [2.05, 4.69) is 12.2 Å². The Morgan fingerprint density at radius 1 is 1.16 bits per heavy atom. The highest BCUT2D eigenvalue weighted by molar-refractivity contribution is 6.32. The summed E-state index contributed by atoms with van der Waals surface area (Å²) in [4.78, 5) is 40.7. The first kappa shape index (κ1) is 26.8. The number of Topliss-reactive ketones (excluding diaryl/α,β-unsaturated/α-hetero) is 2. The summed E-state index contributed by atoms with van der Waals surface area (Å²) in [5, 5.41) is 13.3. The maximum atomic E-state index is 13.7. The van der Waals surface area contributed by atoms with Crippen LogP contribution in [0.5, 0.6) is 0 Å². The molecule has 1 saturated heterocycles. The number of aliphatic hydroxyl groups excluding tert-OH is 1. The molecule has 0 radical (unpaired) electrons. The van der Waals surface area contributed by atoms with Crippen molar-refractivity contribution < 1.29 is 29.0 Å². The smallest absolute Gasteiger partial charge is 0.350 e. The predicted octanol–water partition coefficient (Wildman–Crippen LogP) is 3.51. The van der Waals surface area contributed by atoms with E-state index in [1.165, 1.54) is 6.07 Å². The Morgan fingerprint density at radius 3 is 2.57 bits per heavy atom. The number of carbonyl (C=O) groups excluding carboxylic acids is 3. The number of fused-ring (bicyclic) bond motifs is 2. The van der Waals surface area contributed by atoms with Crippen molar-refractivity contribution >= 4 is 17.5 Å². The standard InChI is InChI=1S/C29H36N2O6/c1-3-4-5-8-15-36-27(35)29-26(34)23-10-7-6-9-22(23)25(33)28(29,37-29)17-21(18-32)19(2)11-12-20-13-14-31-24(30)16-20/h6-7,9-10,13,16,31-32H,3-5,8,11-12,14-15,17-18,30H2,1-2H3. The number of dihydropyridines is 1. The first-order chi connectivity index (χ1) is 17.8. The van der Waals surface area contributed by atoms with Gasteiger partial charge in [0, 0.05) is 24.1 Å². The average molecular weight is 509 g/mol. The van der Waals surface area contributed by atoms with E-state index < -0.39 is 28.7 Å². The molecule has 198 valence electrons. The zero-order valence-electron chi connectivity index (χ0n) is 21.6. The highest BCUT2D eigenvalue weighted by Crippen LogP contribution is 2.59. The van der Waals surface area contributed by atoms with Gasteiger partial charge in [-0.2, -0.15) is 0 Å². The average Bonchev–Trinajstić information content (AvgIpc) is 3.60. The molecule has 0 spiro atoms. The Hall–Kier alpha value is -3.23. The van der Waals surface area contributed by atoms with Gasteiger partial charge in [-0.3, -0.25) is 9.59 Å². The number of hydrogen-bond donors (Lipinski definition) is 3. The van der Waals surface area contributed by atoms with Gasteiger partial charge >= 0.3 is 5.97 Å². The lowest BCUT2D eigenvalue weighted by molar-refractivity contribution is -0.148. The highest BCUT2D eigenvalue weighted by Gasteiger charge is 2.85. The zero-order valence-corrected chi connectivity index (χ0v) is 21.6. The molecule has 1 aromatic carbocycles. The summed E-state index contributed by atoms with van der Waals surface area (Å²) < 4.78 is 11.4. The number of hydrogen-bond acceptors (Lipinski definition) is 8. The molecule has 4 N–H and O–H groups in total. The van der Waals surface area contributed by atoms with Crippen LogP contribution >= 0.6 is 0 Å². The van der Waals surface area contributed by atoms with Crippen molar-refractivity contribution in [1.82, 2.24) is 5.32 Å². The SMILES string of the molecule is CCCCCCOC(=O)C12OC1(CC(CO)=C(C)CCC1=CCNC(N)=C1)C(=O)c1ccccc1C2=O. The van der Waals surface area contributed by atoms with Crippen LogP contribution in [0, 0.1) is 0 Å². The normalized spacial score (nSPS) is 24.7. The van der Waals surface area contributed by atoms with Gasteiger partial charge in [-0.1, -0.05) is 62.1 Å². The summed E-state index contributed by atoms with van der Waals surface area (Å²) >= 11 is 0. The minimum Gasteiger partial charge on any atom is -0.463 e. The molecule has 8 nitrogen and oxygen atoms in total. The first-order valence-electron chi connectivity index (χ1n) is 13.0. The molecule has 2 unspecified atom stereocenters. The summed E-state index contributed by atoms with van der Waals surface area (Å²) in [7, 11) is 0. The lowest BCUT2D eigenvalue weighted by Gasteiger charge is -2.25. The van der Waals surface area contributed by atoms with Crippen LogP contribution in [0.4, 0.5) is 0 Å². The fourth-order valence-corrected chi connectivity index (χ4v) is 5.23. The van der Waals surface area contributed by atoms with Gasteiger partial charge in [-0.05, 0) is 43.4 Å². The number of rotatable bonds is 12. The number of allylic oxidation sites excluding steroid dienone is 3. The third-order valence-corrected chi connectivity index (χ3v) is 7.53. The topological polar surface area (TPSA) is 131 Å². The quantitative estimate of drug-likeness (QED) is 0.129. The van der Waals surface area contributed by atoms with Crippen molar-refractivity contribution in [2.75, 3.05) is 19.8 Å². The third-order valence-electron chi connectivity index (χ3n) is 7.53. The van der Waals surface area contributed by atoms with E-state index in [4.69, 9.17) is 15.2 Å². The van der Waals surface area contributed by atoms with E-state index >= 15 is 0 Å². The van der Waals surface area contributed by atoms with Crippen LogP contribution in [-0.2, 0) is 14.3 Å². The van der Waals surface area contributed by atoms with Gasteiger partial charge in [0.1, 0.15) is 0 Å². The number of esters is 1. The molecule has 2 heterocycles. The lowest BCUT2D eigenvalue weighted by Crippen LogP contribution is -2.51. The first-order valence-corrected chi connectivity index (χ1v) is 13.0. The number of benzene rings is 1. The van der Waals surface area contributed by atoms with Gasteiger partial charge in [0.15, 0.2) is 11.4 Å². The van der Waals surface area contributed by atoms with Gasteiger partial charge in [-0.15, -0.1) is 0 Å². The maximum Gasteiger partial charge on any atom is 0.350 e. The van der Waals surface area contributed by atoms with E-state index in [9.17, 15) is 19.5 Å². The second-order valence-corrected chi connectivity index (χ2v) is 9.99. The van der Waals surface area contributed by atoms with Gasteiger partial charge in [-0.25, -0.2) is 4.79 Å². The summed E-state index contributed by atoms with van der Waals surface area (Å²) in [6.07, 6.45) is 8.83. The number of epoxide rings is 1. The highest BCUT2D eigenvalue weighted by atomic mass is 16.7. The molecule has 1 aliphatic carbocycles. The molecule has 0 saturated carbocycles. The third kappa shape index (κ3) is 4.88. The molecular formula is C29H36N2O6. The molecule has 0 bridgehead atoms. The van der Waals surface area contributed by atoms with Crippen molar-refractivity contribution in [2.24, 2.45) is 5.73 Å². The number of nitrogens with two attached hydrogens (primary N) is 1. The fraction of sp³-hybridized carbons (Fsp3) is 0.483. The largest absolute Gasteiger partial charge is 0.463 e. The van der Waals surface area contributed by atoms with Crippen LogP contribution in [0.3, 0.4) is 0 Å². The van der Waals surface area contributed by atoms with Crippen LogP contribution in [0.25, 0.3) is 0 Å². The van der Waals surface area contributed by atoms with Gasteiger partial charge in [0.05, 0.1) is 19.0 Å². The molecule has 4 rings (SSSR count). The van der Waals surface area contributed by atoms with E-state index in [0.29, 0.717) is 37.2 Å². The van der Waals surface area contributed by atoms with Crippen molar-refractivity contribution in [3.05, 3.63) is 70.1 Å². The summed E-state index contributed by atoms with van der Waals surface area (Å²) in [6.45, 7) is 4.47. The van der Waals surface area contributed by atoms with Gasteiger partial charge < -0.3 is 25.6 Å². The summed E-state index contributed by atoms with van der Waals surface area (Å²) in [6, 6.07) is 6.45. The van der Waals surface area contributed by atoms with Crippen molar-refractivity contribution in [2.45, 2.75) is 70.0 Å². The van der Waals surface area contributed by atoms with E-state index in [-0.39, 0.29) is 30.8 Å². The second kappa shape index (κ2) is 11.0. The summed E-state index contributed by atoms with van der Waals surface area (Å²) in [5.41, 5.74) is 5.05. The number of unbranched alkanes of at least 4 members (excludes halogenated alkanes) is 3. The van der Waals surface area contributed by atoms with Crippen molar-refractivity contribution in [3.8, 4) is 0 Å². The summed E-state index contributed by atoms with van der Waals surface area (Å²) in [5.74, 6) is -1.21. The molecular weight excluding hydrogens is 472 g/mol. The fourth-order valence-electron chi connectivity index (χ4n) is 5.23. The predicted molar refractivity (Wildman–Crippen MR) is 139 cm³/mol. The maximum absolute atomic E-state index is 13.7. The lowest BCUT2D eigenvalue weighted by atomic mass is 9.71. The molecule has 0 amide bonds. The van der Waals surface area contributed by atoms with Crippen LogP contribution in [0.2, 0.25) is 0 Å². The Kier molecular flexibility index (Phi) is 7.99. The zero-order chi connectivity index (χ0) is 26.6. The molecule has 0 aromatic heterocycles. The monoisotopic (exact) mass is 508 g/mol. The molecule has 2 atom stereocenters. The van der Waals surface area contributed by atoms with Crippen molar-refractivity contribution in [3.63, 3.8) is 0 Å². The molecule has 1 fully saturated rings.